The Hall–Kier alpha value is -1.47. The van der Waals surface area contributed by atoms with Gasteiger partial charge in [0.1, 0.15) is 0 Å². The van der Waals surface area contributed by atoms with Crippen LogP contribution in [0.15, 0.2) is 4.52 Å². The van der Waals surface area contributed by atoms with E-state index in [9.17, 15) is 4.79 Å². The van der Waals surface area contributed by atoms with Crippen LogP contribution in [0.1, 0.15) is 18.7 Å². The second-order valence-corrected chi connectivity index (χ2v) is 4.56. The van der Waals surface area contributed by atoms with Crippen LogP contribution < -0.4 is 10.6 Å². The minimum atomic E-state index is -0.512. The highest BCUT2D eigenvalue weighted by Crippen LogP contribution is 2.30. The summed E-state index contributed by atoms with van der Waals surface area (Å²) in [6.07, 6.45) is 1.47. The molecule has 0 atom stereocenters. The maximum atomic E-state index is 12.3. The Morgan fingerprint density at radius 3 is 2.83 bits per heavy atom. The normalized spacial score (nSPS) is 18.6. The van der Waals surface area contributed by atoms with Crippen molar-refractivity contribution in [3.05, 3.63) is 5.82 Å². The molecule has 1 amide bonds. The molecule has 0 spiro atoms. The van der Waals surface area contributed by atoms with E-state index in [-0.39, 0.29) is 11.9 Å². The van der Waals surface area contributed by atoms with Crippen LogP contribution in [0, 0.1) is 12.3 Å². The number of aromatic nitrogens is 2. The number of aryl methyl sites for hydroxylation is 1. The lowest BCUT2D eigenvalue weighted by Crippen LogP contribution is -2.47. The fraction of sp³-hybridized carbons (Fsp3) is 0.727. The minimum absolute atomic E-state index is 0.116. The quantitative estimate of drug-likeness (QED) is 0.805. The number of hydrogen-bond acceptors (Lipinski definition) is 6. The molecule has 2 rings (SSSR count). The molecule has 1 aliphatic heterocycles. The van der Waals surface area contributed by atoms with Crippen LogP contribution in [-0.4, -0.2) is 42.9 Å². The van der Waals surface area contributed by atoms with E-state index in [1.165, 1.54) is 0 Å². The highest BCUT2D eigenvalue weighted by molar-refractivity contribution is 5.93. The molecule has 7 nitrogen and oxygen atoms in total. The second-order valence-electron chi connectivity index (χ2n) is 4.56. The summed E-state index contributed by atoms with van der Waals surface area (Å²) in [5.74, 6) is 0.380. The maximum absolute atomic E-state index is 12.3. The molecule has 0 aromatic carbocycles. The van der Waals surface area contributed by atoms with E-state index in [0.717, 1.165) is 25.9 Å². The number of anilines is 1. The first-order chi connectivity index (χ1) is 8.66. The number of nitrogens with zero attached hydrogens (tertiary/aromatic N) is 2. The van der Waals surface area contributed by atoms with Crippen molar-refractivity contribution in [3.63, 3.8) is 0 Å². The molecule has 2 N–H and O–H groups in total. The molecule has 0 radical (unpaired) electrons. The lowest BCUT2D eigenvalue weighted by molar-refractivity contribution is -0.130. The summed E-state index contributed by atoms with van der Waals surface area (Å²) in [5.41, 5.74) is -0.512. The molecule has 0 unspecified atom stereocenters. The predicted molar refractivity (Wildman–Crippen MR) is 64.1 cm³/mol. The van der Waals surface area contributed by atoms with Gasteiger partial charge in [-0.15, -0.1) is 0 Å². The van der Waals surface area contributed by atoms with Crippen molar-refractivity contribution in [1.29, 1.82) is 0 Å². The van der Waals surface area contributed by atoms with E-state index >= 15 is 0 Å². The lowest BCUT2D eigenvalue weighted by atomic mass is 9.79. The van der Waals surface area contributed by atoms with E-state index < -0.39 is 5.41 Å². The number of carbonyl (C=O) groups excluding carboxylic acids is 1. The van der Waals surface area contributed by atoms with Gasteiger partial charge in [-0.25, -0.2) is 0 Å². The zero-order valence-electron chi connectivity index (χ0n) is 10.7. The highest BCUT2D eigenvalue weighted by Gasteiger charge is 2.40. The third-order valence-electron chi connectivity index (χ3n) is 3.21. The van der Waals surface area contributed by atoms with Crippen molar-refractivity contribution < 1.29 is 14.1 Å². The fourth-order valence-corrected chi connectivity index (χ4v) is 2.20. The summed E-state index contributed by atoms with van der Waals surface area (Å²) in [6.45, 7) is 3.71. The number of hydrogen-bond donors (Lipinski definition) is 2. The van der Waals surface area contributed by atoms with Crippen molar-refractivity contribution in [3.8, 4) is 0 Å². The van der Waals surface area contributed by atoms with Crippen LogP contribution in [-0.2, 0) is 9.53 Å². The van der Waals surface area contributed by atoms with Gasteiger partial charge in [-0.05, 0) is 32.9 Å². The first-order valence-corrected chi connectivity index (χ1v) is 5.98. The smallest absolute Gasteiger partial charge is 0.328 e. The molecule has 2 heterocycles. The number of carbonyl (C=O) groups is 1. The number of methoxy groups -OCH3 is 1. The van der Waals surface area contributed by atoms with Crippen molar-refractivity contribution in [2.24, 2.45) is 5.41 Å². The van der Waals surface area contributed by atoms with Gasteiger partial charge in [-0.2, -0.15) is 4.98 Å². The second kappa shape index (κ2) is 5.45. The Labute approximate surface area is 105 Å². The molecule has 1 aromatic rings. The van der Waals surface area contributed by atoms with Gasteiger partial charge in [0.05, 0.1) is 12.0 Å². The zero-order valence-corrected chi connectivity index (χ0v) is 10.7. The van der Waals surface area contributed by atoms with Gasteiger partial charge >= 0.3 is 6.01 Å². The van der Waals surface area contributed by atoms with Crippen molar-refractivity contribution in [1.82, 2.24) is 15.5 Å². The van der Waals surface area contributed by atoms with Crippen LogP contribution in [0.3, 0.4) is 0 Å². The van der Waals surface area contributed by atoms with Gasteiger partial charge in [0.15, 0.2) is 5.82 Å². The summed E-state index contributed by atoms with van der Waals surface area (Å²) in [5, 5.41) is 9.54. The van der Waals surface area contributed by atoms with E-state index in [2.05, 4.69) is 20.8 Å². The number of nitrogens with one attached hydrogen (secondary N) is 2. The van der Waals surface area contributed by atoms with Crippen LogP contribution in [0.25, 0.3) is 0 Å². The largest absolute Gasteiger partial charge is 0.384 e. The Bertz CT molecular complexity index is 407. The fourth-order valence-electron chi connectivity index (χ4n) is 2.20. The van der Waals surface area contributed by atoms with Crippen molar-refractivity contribution in [2.75, 3.05) is 32.1 Å². The zero-order chi connectivity index (χ0) is 13.0. The molecule has 1 aliphatic rings. The third kappa shape index (κ3) is 2.68. The Morgan fingerprint density at radius 2 is 2.28 bits per heavy atom. The average molecular weight is 254 g/mol. The molecule has 0 aliphatic carbocycles. The standard InChI is InChI=1S/C11H18N4O3/c1-8-13-10(18-15-8)14-9(16)11(7-17-2)3-5-12-6-4-11/h12H,3-7H2,1-2H3,(H,13,14,15,16). The molecule has 18 heavy (non-hydrogen) atoms. The van der Waals surface area contributed by atoms with E-state index in [1.807, 2.05) is 0 Å². The number of piperidine rings is 1. The first kappa shape index (κ1) is 13.0. The van der Waals surface area contributed by atoms with Gasteiger partial charge in [0.25, 0.3) is 0 Å². The summed E-state index contributed by atoms with van der Waals surface area (Å²) < 4.78 is 10.1. The van der Waals surface area contributed by atoms with Gasteiger partial charge in [0.2, 0.25) is 5.91 Å². The summed E-state index contributed by atoms with van der Waals surface area (Å²) >= 11 is 0. The molecular weight excluding hydrogens is 236 g/mol. The summed E-state index contributed by atoms with van der Waals surface area (Å²) in [6, 6.07) is 0.145. The van der Waals surface area contributed by atoms with Gasteiger partial charge in [-0.1, -0.05) is 5.16 Å². The van der Waals surface area contributed by atoms with Gasteiger partial charge in [-0.3, -0.25) is 10.1 Å². The van der Waals surface area contributed by atoms with Gasteiger partial charge < -0.3 is 14.6 Å². The van der Waals surface area contributed by atoms with Crippen LogP contribution in [0.2, 0.25) is 0 Å². The maximum Gasteiger partial charge on any atom is 0.328 e. The van der Waals surface area contributed by atoms with E-state index in [0.29, 0.717) is 12.4 Å². The van der Waals surface area contributed by atoms with Crippen LogP contribution in [0.5, 0.6) is 0 Å². The summed E-state index contributed by atoms with van der Waals surface area (Å²) in [4.78, 5) is 16.3. The van der Waals surface area contributed by atoms with Gasteiger partial charge in [0, 0.05) is 7.11 Å². The molecule has 0 bridgehead atoms. The molecule has 100 valence electrons. The molecule has 0 saturated carbocycles. The highest BCUT2D eigenvalue weighted by atomic mass is 16.5. The van der Waals surface area contributed by atoms with Crippen molar-refractivity contribution in [2.45, 2.75) is 19.8 Å². The Kier molecular flexibility index (Phi) is 3.93. The Morgan fingerprint density at radius 1 is 1.56 bits per heavy atom. The van der Waals surface area contributed by atoms with Crippen molar-refractivity contribution >= 4 is 11.9 Å². The number of amides is 1. The number of ether oxygens (including phenoxy) is 1. The minimum Gasteiger partial charge on any atom is -0.384 e. The van der Waals surface area contributed by atoms with E-state index in [4.69, 9.17) is 9.26 Å². The monoisotopic (exact) mass is 254 g/mol. The lowest BCUT2D eigenvalue weighted by Gasteiger charge is -2.34. The topological polar surface area (TPSA) is 89.3 Å². The van der Waals surface area contributed by atoms with Crippen LogP contribution in [0.4, 0.5) is 6.01 Å². The number of rotatable bonds is 4. The van der Waals surface area contributed by atoms with E-state index in [1.54, 1.807) is 14.0 Å². The SMILES string of the molecule is COCC1(C(=O)Nc2nc(C)no2)CCNCC1. The molecule has 1 fully saturated rings. The Balaban J connectivity index is 2.08. The molecule has 1 saturated heterocycles. The molecule has 7 heteroatoms. The molecule has 1 aromatic heterocycles. The average Bonchev–Trinajstić information content (AvgIpc) is 2.76. The predicted octanol–water partition coefficient (Wildman–Crippen LogP) is 0.333. The molecular formula is C11H18N4O3. The summed E-state index contributed by atoms with van der Waals surface area (Å²) in [7, 11) is 1.61. The van der Waals surface area contributed by atoms with Crippen LogP contribution >= 0.6 is 0 Å². The third-order valence-corrected chi connectivity index (χ3v) is 3.21. The first-order valence-electron chi connectivity index (χ1n) is 5.98.